The van der Waals surface area contributed by atoms with E-state index in [1.54, 1.807) is 18.3 Å². The second kappa shape index (κ2) is 6.02. The van der Waals surface area contributed by atoms with Gasteiger partial charge < -0.3 is 4.74 Å². The molecule has 21 heavy (non-hydrogen) atoms. The Balaban J connectivity index is 1.90. The van der Waals surface area contributed by atoms with Gasteiger partial charge in [0.05, 0.1) is 15.4 Å². The number of pyridine rings is 1. The first-order chi connectivity index (χ1) is 10.2. The Kier molecular flexibility index (Phi) is 4.10. The standard InChI is InChI=1S/C15H9Cl2NO2S/c16-11-4-3-9(6-12(11)17)8-20-14-10-2-1-5-18-15(10)21-13(14)7-19/h1-7H,8H2. The number of halogens is 2. The zero-order chi connectivity index (χ0) is 14.8. The van der Waals surface area contributed by atoms with E-state index in [9.17, 15) is 4.79 Å². The monoisotopic (exact) mass is 337 g/mol. The lowest BCUT2D eigenvalue weighted by Crippen LogP contribution is -1.96. The van der Waals surface area contributed by atoms with Crippen LogP contribution in [0.15, 0.2) is 36.5 Å². The third-order valence-corrected chi connectivity index (χ3v) is 4.68. The SMILES string of the molecule is O=Cc1sc2ncccc2c1OCc1ccc(Cl)c(Cl)c1. The molecule has 2 aromatic heterocycles. The second-order valence-corrected chi connectivity index (χ2v) is 6.15. The van der Waals surface area contributed by atoms with Crippen molar-refractivity contribution in [2.24, 2.45) is 0 Å². The van der Waals surface area contributed by atoms with Crippen LogP contribution in [0.5, 0.6) is 5.75 Å². The highest BCUT2D eigenvalue weighted by Crippen LogP contribution is 2.36. The van der Waals surface area contributed by atoms with Crippen LogP contribution < -0.4 is 4.74 Å². The molecule has 6 heteroatoms. The van der Waals surface area contributed by atoms with Crippen molar-refractivity contribution in [3.05, 3.63) is 57.0 Å². The lowest BCUT2D eigenvalue weighted by atomic mass is 10.2. The summed E-state index contributed by atoms with van der Waals surface area (Å²) in [7, 11) is 0. The summed E-state index contributed by atoms with van der Waals surface area (Å²) in [5.74, 6) is 0.559. The van der Waals surface area contributed by atoms with Gasteiger partial charge in [0.1, 0.15) is 16.3 Å². The molecular weight excluding hydrogens is 329 g/mol. The van der Waals surface area contributed by atoms with Crippen molar-refractivity contribution in [1.82, 2.24) is 4.98 Å². The number of hydrogen-bond donors (Lipinski definition) is 0. The van der Waals surface area contributed by atoms with Crippen LogP contribution in [0.3, 0.4) is 0 Å². The van der Waals surface area contributed by atoms with Crippen molar-refractivity contribution < 1.29 is 9.53 Å². The number of thiophene rings is 1. The highest BCUT2D eigenvalue weighted by molar-refractivity contribution is 7.20. The molecule has 106 valence electrons. The number of carbonyl (C=O) groups excluding carboxylic acids is 1. The number of hydrogen-bond acceptors (Lipinski definition) is 4. The fourth-order valence-electron chi connectivity index (χ4n) is 1.94. The Bertz CT molecular complexity index is 817. The quantitative estimate of drug-likeness (QED) is 0.629. The smallest absolute Gasteiger partial charge is 0.163 e. The first-order valence-electron chi connectivity index (χ1n) is 6.08. The number of ether oxygens (including phenoxy) is 1. The van der Waals surface area contributed by atoms with Gasteiger partial charge >= 0.3 is 0 Å². The van der Waals surface area contributed by atoms with Crippen LogP contribution in [0.2, 0.25) is 10.0 Å². The Hall–Kier alpha value is -1.62. The summed E-state index contributed by atoms with van der Waals surface area (Å²) >= 11 is 13.2. The molecular formula is C15H9Cl2NO2S. The lowest BCUT2D eigenvalue weighted by molar-refractivity contribution is 0.112. The van der Waals surface area contributed by atoms with Gasteiger partial charge in [0, 0.05) is 6.20 Å². The average Bonchev–Trinajstić information content (AvgIpc) is 2.86. The normalized spacial score (nSPS) is 10.8. The van der Waals surface area contributed by atoms with Gasteiger partial charge in [-0.05, 0) is 29.8 Å². The zero-order valence-electron chi connectivity index (χ0n) is 10.7. The van der Waals surface area contributed by atoms with E-state index in [0.717, 1.165) is 22.1 Å². The van der Waals surface area contributed by atoms with E-state index in [-0.39, 0.29) is 0 Å². The Morgan fingerprint density at radius 3 is 2.86 bits per heavy atom. The van der Waals surface area contributed by atoms with Gasteiger partial charge in [-0.3, -0.25) is 4.79 Å². The Labute approximate surface area is 135 Å². The van der Waals surface area contributed by atoms with E-state index in [2.05, 4.69) is 4.98 Å². The predicted molar refractivity (Wildman–Crippen MR) is 85.8 cm³/mol. The minimum absolute atomic E-state index is 0.304. The average molecular weight is 338 g/mol. The molecule has 0 N–H and O–H groups in total. The maximum absolute atomic E-state index is 11.2. The predicted octanol–water partition coefficient (Wildman–Crippen LogP) is 4.99. The fourth-order valence-corrected chi connectivity index (χ4v) is 3.16. The number of nitrogens with zero attached hydrogens (tertiary/aromatic N) is 1. The molecule has 0 fully saturated rings. The van der Waals surface area contributed by atoms with Crippen LogP contribution in [0.25, 0.3) is 10.2 Å². The van der Waals surface area contributed by atoms with Crippen molar-refractivity contribution in [2.45, 2.75) is 6.61 Å². The molecule has 3 nitrogen and oxygen atoms in total. The highest BCUT2D eigenvalue weighted by atomic mass is 35.5. The molecule has 0 bridgehead atoms. The Morgan fingerprint density at radius 2 is 2.10 bits per heavy atom. The fraction of sp³-hybridized carbons (Fsp3) is 0.0667. The largest absolute Gasteiger partial charge is 0.487 e. The van der Waals surface area contributed by atoms with E-state index in [1.807, 2.05) is 18.2 Å². The zero-order valence-corrected chi connectivity index (χ0v) is 13.0. The third kappa shape index (κ3) is 2.88. The van der Waals surface area contributed by atoms with Crippen LogP contribution in [0, 0.1) is 0 Å². The molecule has 2 heterocycles. The number of aldehydes is 1. The number of benzene rings is 1. The van der Waals surface area contributed by atoms with Crippen LogP contribution in [-0.4, -0.2) is 11.3 Å². The third-order valence-electron chi connectivity index (χ3n) is 2.92. The maximum Gasteiger partial charge on any atom is 0.163 e. The summed E-state index contributed by atoms with van der Waals surface area (Å²) in [6, 6.07) is 9.00. The highest BCUT2D eigenvalue weighted by Gasteiger charge is 2.14. The van der Waals surface area contributed by atoms with E-state index >= 15 is 0 Å². The van der Waals surface area contributed by atoms with Crippen molar-refractivity contribution in [3.8, 4) is 5.75 Å². The molecule has 0 saturated carbocycles. The van der Waals surface area contributed by atoms with E-state index in [0.29, 0.717) is 27.3 Å². The topological polar surface area (TPSA) is 39.2 Å². The van der Waals surface area contributed by atoms with Gasteiger partial charge in [0.2, 0.25) is 0 Å². The summed E-state index contributed by atoms with van der Waals surface area (Å²) in [4.78, 5) is 16.7. The molecule has 0 aliphatic heterocycles. The van der Waals surface area contributed by atoms with Crippen molar-refractivity contribution in [3.63, 3.8) is 0 Å². The van der Waals surface area contributed by atoms with Gasteiger partial charge in [-0.25, -0.2) is 4.98 Å². The van der Waals surface area contributed by atoms with Crippen molar-refractivity contribution in [2.75, 3.05) is 0 Å². The van der Waals surface area contributed by atoms with Crippen molar-refractivity contribution >= 4 is 51.0 Å². The van der Waals surface area contributed by atoms with Gasteiger partial charge in [0.15, 0.2) is 12.0 Å². The number of carbonyl (C=O) groups is 1. The minimum atomic E-state index is 0.304. The number of rotatable bonds is 4. The molecule has 3 rings (SSSR count). The summed E-state index contributed by atoms with van der Waals surface area (Å²) in [5.41, 5.74) is 0.879. The molecule has 0 saturated heterocycles. The van der Waals surface area contributed by atoms with E-state index < -0.39 is 0 Å². The first-order valence-corrected chi connectivity index (χ1v) is 7.65. The molecule has 3 aromatic rings. The second-order valence-electron chi connectivity index (χ2n) is 4.31. The molecule has 0 aliphatic carbocycles. The molecule has 0 radical (unpaired) electrons. The van der Waals surface area contributed by atoms with Crippen LogP contribution >= 0.6 is 34.5 Å². The number of aromatic nitrogens is 1. The van der Waals surface area contributed by atoms with Crippen LogP contribution in [0.1, 0.15) is 15.2 Å². The van der Waals surface area contributed by atoms with Gasteiger partial charge in [-0.1, -0.05) is 29.3 Å². The lowest BCUT2D eigenvalue weighted by Gasteiger charge is -2.07. The van der Waals surface area contributed by atoms with Crippen molar-refractivity contribution in [1.29, 1.82) is 0 Å². The minimum Gasteiger partial charge on any atom is -0.487 e. The number of fused-ring (bicyclic) bond motifs is 1. The van der Waals surface area contributed by atoms with Gasteiger partial charge in [0.25, 0.3) is 0 Å². The molecule has 0 amide bonds. The maximum atomic E-state index is 11.2. The summed E-state index contributed by atoms with van der Waals surface area (Å²) in [6.07, 6.45) is 2.48. The van der Waals surface area contributed by atoms with E-state index in [4.69, 9.17) is 27.9 Å². The molecule has 0 unspecified atom stereocenters. The van der Waals surface area contributed by atoms with Crippen LogP contribution in [0.4, 0.5) is 0 Å². The summed E-state index contributed by atoms with van der Waals surface area (Å²) in [5, 5.41) is 1.81. The summed E-state index contributed by atoms with van der Waals surface area (Å²) < 4.78 is 5.80. The Morgan fingerprint density at radius 1 is 1.24 bits per heavy atom. The molecule has 0 aliphatic rings. The van der Waals surface area contributed by atoms with Crippen LogP contribution in [-0.2, 0) is 6.61 Å². The van der Waals surface area contributed by atoms with Gasteiger partial charge in [-0.2, -0.15) is 0 Å². The van der Waals surface area contributed by atoms with E-state index in [1.165, 1.54) is 11.3 Å². The molecule has 1 aromatic carbocycles. The summed E-state index contributed by atoms with van der Waals surface area (Å²) in [6.45, 7) is 0.304. The molecule has 0 spiro atoms. The first kappa shape index (κ1) is 14.3. The molecule has 0 atom stereocenters. The van der Waals surface area contributed by atoms with Gasteiger partial charge in [-0.15, -0.1) is 11.3 Å².